The number of H-pyrrole nitrogens is 1. The van der Waals surface area contributed by atoms with E-state index in [1.165, 1.54) is 16.1 Å². The second-order valence-electron chi connectivity index (χ2n) is 29.5. The van der Waals surface area contributed by atoms with E-state index >= 15 is 0 Å². The normalized spacial score (nSPS) is 13.0. The van der Waals surface area contributed by atoms with E-state index in [0.29, 0.717) is 47.5 Å². The van der Waals surface area contributed by atoms with Gasteiger partial charge in [0, 0.05) is 57.8 Å². The number of hydrogen-bond acceptors (Lipinski definition) is 17. The number of unbranched alkanes of at least 4 members (excludes halogenated alkanes) is 5. The van der Waals surface area contributed by atoms with Crippen molar-refractivity contribution in [3.8, 4) is 17.4 Å². The summed E-state index contributed by atoms with van der Waals surface area (Å²) in [5, 5.41) is 14.3. The van der Waals surface area contributed by atoms with Crippen molar-refractivity contribution in [2.45, 2.75) is 229 Å². The molecule has 592 valence electrons. The molecule has 4 N–H and O–H groups in total. The minimum atomic E-state index is -1.80. The summed E-state index contributed by atoms with van der Waals surface area (Å²) in [6, 6.07) is 9.93. The molecule has 0 unspecified atom stereocenters. The molecule has 4 amide bonds. The molecule has 32 heteroatoms. The maximum absolute atomic E-state index is 14.0. The number of imide groups is 1. The van der Waals surface area contributed by atoms with E-state index in [4.69, 9.17) is 72.4 Å². The lowest BCUT2D eigenvalue weighted by Gasteiger charge is -2.36. The Kier molecular flexibility index (Phi) is 35.2. The smallest absolute Gasteiger partial charge is 0.410 e. The molecule has 8 aromatic rings. The van der Waals surface area contributed by atoms with Crippen LogP contribution in [0.4, 0.5) is 28.4 Å². The third kappa shape index (κ3) is 25.8. The summed E-state index contributed by atoms with van der Waals surface area (Å²) in [5.41, 5.74) is 4.22. The number of piperazine rings is 1. The fraction of sp³-hybridized carbons (Fsp3) is 0.506. The molecule has 0 radical (unpaired) electrons. The fourth-order valence-electron chi connectivity index (χ4n) is 11.1. The van der Waals surface area contributed by atoms with Gasteiger partial charge in [0.25, 0.3) is 11.5 Å². The number of ether oxygens (including phenoxy) is 1. The largest absolute Gasteiger partial charge is 0.444 e. The zero-order chi connectivity index (χ0) is 81.6. The number of fused-ring (bicyclic) bond motifs is 2. The van der Waals surface area contributed by atoms with Crippen molar-refractivity contribution in [3.05, 3.63) is 169 Å². The lowest BCUT2D eigenvalue weighted by atomic mass is 10.00. The van der Waals surface area contributed by atoms with E-state index < -0.39 is 70.6 Å². The van der Waals surface area contributed by atoms with E-state index in [2.05, 4.69) is 110 Å². The number of carbonyl (C=O) groups is 3. The molecule has 1 aliphatic heterocycles. The van der Waals surface area contributed by atoms with Gasteiger partial charge < -0.3 is 24.7 Å². The molecule has 0 aromatic carbocycles. The molecule has 1 atom stereocenters. The molecule has 23 nitrogen and oxygen atoms in total. The van der Waals surface area contributed by atoms with Gasteiger partial charge >= 0.3 is 23.5 Å². The lowest BCUT2D eigenvalue weighted by molar-refractivity contribution is 0.0201. The van der Waals surface area contributed by atoms with E-state index in [-0.39, 0.29) is 72.0 Å². The monoisotopic (exact) mass is 1620 g/mol. The van der Waals surface area contributed by atoms with Gasteiger partial charge in [0.05, 0.1) is 56.5 Å². The van der Waals surface area contributed by atoms with Crippen LogP contribution >= 0.6 is 58.0 Å². The molecule has 0 bridgehead atoms. The zero-order valence-corrected chi connectivity index (χ0v) is 70.1. The van der Waals surface area contributed by atoms with Gasteiger partial charge in [0.15, 0.2) is 52.5 Å². The maximum Gasteiger partial charge on any atom is 0.410 e. The number of carbonyl (C=O) groups excluding carboxylic acids is 3. The van der Waals surface area contributed by atoms with E-state index in [0.717, 1.165) is 124 Å². The zero-order valence-electron chi connectivity index (χ0n) is 65.3. The Morgan fingerprint density at radius 1 is 0.661 bits per heavy atom. The van der Waals surface area contributed by atoms with E-state index in [1.807, 2.05) is 80.5 Å². The van der Waals surface area contributed by atoms with Crippen molar-refractivity contribution in [2.75, 3.05) is 31.6 Å². The molecule has 8 aromatic heterocycles. The summed E-state index contributed by atoms with van der Waals surface area (Å²) in [7, 11) is -1.80. The number of amides is 4. The quantitative estimate of drug-likeness (QED) is 0.0225. The third-order valence-electron chi connectivity index (χ3n) is 17.6. The Labute approximate surface area is 661 Å². The summed E-state index contributed by atoms with van der Waals surface area (Å²) in [6.45, 7) is 39.4. The Morgan fingerprint density at radius 2 is 1.13 bits per heavy atom. The van der Waals surface area contributed by atoms with Crippen LogP contribution in [-0.4, -0.2) is 118 Å². The van der Waals surface area contributed by atoms with Gasteiger partial charge in [0.1, 0.15) is 15.9 Å². The molecule has 0 spiro atoms. The minimum Gasteiger partial charge on any atom is -0.444 e. The molecule has 1 saturated heterocycles. The first-order valence-electron chi connectivity index (χ1n) is 36.3. The van der Waals surface area contributed by atoms with E-state index in [9.17, 15) is 41.9 Å². The number of aryl methyl sites for hydroxylation is 3. The Hall–Kier alpha value is -7.94. The highest BCUT2D eigenvalue weighted by Gasteiger charge is 2.37. The molecular weight excluding hydrogens is 1530 g/mol. The first-order chi connectivity index (χ1) is 51.1. The second kappa shape index (κ2) is 41.9. The van der Waals surface area contributed by atoms with Crippen LogP contribution in [0.2, 0.25) is 43.9 Å². The molecule has 109 heavy (non-hydrogen) atoms. The first-order valence-corrected chi connectivity index (χ1v) is 41.1. The number of aromatic amines is 1. The Balaban J connectivity index is 0.000000266. The van der Waals surface area contributed by atoms with Gasteiger partial charge in [-0.3, -0.25) is 34.8 Å². The number of aromatic nitrogens is 10. The highest BCUT2D eigenvalue weighted by Crippen LogP contribution is 2.38. The predicted octanol–water partition coefficient (Wildman–Crippen LogP) is 18.7. The number of nitriles is 1. The summed E-state index contributed by atoms with van der Waals surface area (Å²) in [5.74, 6) is -3.26. The number of pyridine rings is 6. The standard InChI is InChI=1S/C25H35Cl2FN4O3Si.C20H21Cl2FN4O.C20H22ClFN4O2.C10H20N2O2.C2H3N/c1-15(2)19-20(30-24(34)32-23(33)17-14-18(28)22(27)31-21(17)26)16(11-12-29-19)10-8-9-13-35-36(6,7)25(3,4)5;1-4-5-6-7-12-8-9-24-15(11(2)3)16(12)27-19-13(17(21)26-20(27)28)10-14(23)18(22)25-19;1-4-5-6-7-12-8-9-23-15(11(2)3)16(12)26-18-13(19(27)25-20(26)28)10-14(22)17(21)24-18;1-8-7-12(6-5-11-8)9(13)14-10(2,3)4;1-2-3/h11-12,14-15H,8-10,13H2,1-7H3,(H2,30,32,33,34);8-11H,4-7H2,1-3H3;8-11H,4-7H2,1-3H3,(H,25,27,28);8,11H,5-7H2,1-4H3;1H3/t;;;8-;/m...0./s1. The van der Waals surface area contributed by atoms with Crippen molar-refractivity contribution < 1.29 is 36.7 Å². The predicted molar refractivity (Wildman–Crippen MR) is 430 cm³/mol. The Morgan fingerprint density at radius 3 is 1.63 bits per heavy atom. The molecule has 9 rings (SSSR count). The summed E-state index contributed by atoms with van der Waals surface area (Å²) in [6.07, 6.45) is 15.1. The molecule has 9 heterocycles. The Bertz CT molecular complexity index is 4720. The van der Waals surface area contributed by atoms with E-state index in [1.54, 1.807) is 29.6 Å². The van der Waals surface area contributed by atoms with Crippen LogP contribution in [0.5, 0.6) is 0 Å². The van der Waals surface area contributed by atoms with Gasteiger partial charge in [-0.1, -0.05) is 160 Å². The lowest BCUT2D eigenvalue weighted by Crippen LogP contribution is -2.52. The van der Waals surface area contributed by atoms with Gasteiger partial charge in [-0.05, 0) is 162 Å². The van der Waals surface area contributed by atoms with Crippen LogP contribution in [0.1, 0.15) is 224 Å². The maximum atomic E-state index is 14.0. The van der Waals surface area contributed by atoms with Crippen molar-refractivity contribution >= 4 is 112 Å². The van der Waals surface area contributed by atoms with Crippen LogP contribution in [0.15, 0.2) is 69.4 Å². The van der Waals surface area contributed by atoms with Crippen LogP contribution < -0.4 is 32.9 Å². The van der Waals surface area contributed by atoms with Crippen LogP contribution in [0.25, 0.3) is 33.4 Å². The van der Waals surface area contributed by atoms with Gasteiger partial charge in [-0.25, -0.2) is 56.4 Å². The molecule has 1 fully saturated rings. The molecule has 1 aliphatic rings. The third-order valence-corrected chi connectivity index (χ3v) is 23.5. The van der Waals surface area contributed by atoms with Crippen LogP contribution in [-0.2, 0) is 28.4 Å². The van der Waals surface area contributed by atoms with Gasteiger partial charge in [-0.15, -0.1) is 0 Å². The van der Waals surface area contributed by atoms with Gasteiger partial charge in [0.2, 0.25) is 0 Å². The average Bonchev–Trinajstić information content (AvgIpc) is 0.755. The van der Waals surface area contributed by atoms with Crippen LogP contribution in [0.3, 0.4) is 0 Å². The second-order valence-corrected chi connectivity index (χ2v) is 36.1. The fourth-order valence-corrected chi connectivity index (χ4v) is 13.1. The summed E-state index contributed by atoms with van der Waals surface area (Å²) >= 11 is 29.4. The first kappa shape index (κ1) is 91.7. The number of halogens is 8. The number of rotatable bonds is 21. The summed E-state index contributed by atoms with van der Waals surface area (Å²) < 4.78 is 55.8. The number of anilines is 1. The van der Waals surface area contributed by atoms with Crippen molar-refractivity contribution in [2.24, 2.45) is 0 Å². The molecule has 0 aliphatic carbocycles. The number of nitrogens with one attached hydrogen (secondary N) is 4. The van der Waals surface area contributed by atoms with Crippen molar-refractivity contribution in [3.63, 3.8) is 0 Å². The number of urea groups is 1. The SMILES string of the molecule is CC#N.CC(C)c1nccc(CCCCO[Si](C)(C)C(C)(C)C)c1NC(=O)NC(=O)c1cc(F)c(Cl)nc1Cl.CCCCCc1ccnc(C(C)C)c1-n1c(=O)[nH]c(=O)c2cc(F)c(Cl)nc21.CCCCCc1ccnc(C(C)C)c1-n1c(=O)nc(Cl)c2cc(F)c(Cl)nc21.C[C@H]1CN(C(=O)OC(C)(C)C)CCN1. The summed E-state index contributed by atoms with van der Waals surface area (Å²) in [4.78, 5) is 108. The van der Waals surface area contributed by atoms with Crippen LogP contribution in [0, 0.1) is 28.8 Å². The number of hydrogen-bond donors (Lipinski definition) is 4. The van der Waals surface area contributed by atoms with Crippen molar-refractivity contribution in [1.29, 1.82) is 5.26 Å². The topological polar surface area (TPSA) is 300 Å². The highest BCUT2D eigenvalue weighted by atomic mass is 35.5. The molecular formula is C77H101Cl5F3N15O8Si. The van der Waals surface area contributed by atoms with Crippen molar-refractivity contribution in [1.82, 2.24) is 64.5 Å². The highest BCUT2D eigenvalue weighted by molar-refractivity contribution is 6.74. The van der Waals surface area contributed by atoms with Gasteiger partial charge in [-0.2, -0.15) is 10.2 Å². The number of nitrogens with zero attached hydrogens (tertiary/aromatic N) is 11. The minimum absolute atomic E-state index is 0.0194. The molecule has 0 saturated carbocycles. The average molecular weight is 1630 g/mol.